The van der Waals surface area contributed by atoms with E-state index in [1.54, 1.807) is 36.7 Å². The van der Waals surface area contributed by atoms with E-state index in [1.807, 2.05) is 24.0 Å². The molecule has 0 fully saturated rings. The lowest BCUT2D eigenvalue weighted by Gasteiger charge is -2.24. The average molecular weight is 520 g/mol. The number of halogens is 3. The minimum atomic E-state index is -4.35. The van der Waals surface area contributed by atoms with Crippen molar-refractivity contribution in [3.8, 4) is 5.75 Å². The lowest BCUT2D eigenvalue weighted by atomic mass is 10.1. The molecule has 0 atom stereocenters. The van der Waals surface area contributed by atoms with E-state index in [0.29, 0.717) is 36.8 Å². The number of thioether (sulfide) groups is 1. The van der Waals surface area contributed by atoms with Gasteiger partial charge in [0.05, 0.1) is 0 Å². The number of aliphatic carboxylic acids is 1. The number of carboxylic acid groups (broad SMARTS) is 1. The van der Waals surface area contributed by atoms with E-state index >= 15 is 0 Å². The SMILES string of the molecule is CCc1cnc(N(CCc2ccc(OC(C)(C)C(=O)O)cc2)Cc2cccc(SC(F)(F)F)c2)nc1. The summed E-state index contributed by atoms with van der Waals surface area (Å²) >= 11 is -0.139. The highest BCUT2D eigenvalue weighted by molar-refractivity contribution is 8.00. The van der Waals surface area contributed by atoms with Gasteiger partial charge in [0, 0.05) is 30.4 Å². The molecule has 0 aliphatic heterocycles. The topological polar surface area (TPSA) is 75.6 Å². The van der Waals surface area contributed by atoms with Crippen LogP contribution >= 0.6 is 11.8 Å². The first-order valence-corrected chi connectivity index (χ1v) is 12.2. The first-order chi connectivity index (χ1) is 16.9. The summed E-state index contributed by atoms with van der Waals surface area (Å²) in [6.07, 6.45) is 4.91. The van der Waals surface area contributed by atoms with Gasteiger partial charge in [-0.3, -0.25) is 0 Å². The first-order valence-electron chi connectivity index (χ1n) is 11.4. The molecule has 0 saturated carbocycles. The molecule has 0 bridgehead atoms. The zero-order valence-corrected chi connectivity index (χ0v) is 21.1. The monoisotopic (exact) mass is 519 g/mol. The van der Waals surface area contributed by atoms with E-state index in [1.165, 1.54) is 26.0 Å². The lowest BCUT2D eigenvalue weighted by molar-refractivity contribution is -0.152. The van der Waals surface area contributed by atoms with Crippen LogP contribution < -0.4 is 9.64 Å². The normalized spacial score (nSPS) is 11.8. The van der Waals surface area contributed by atoms with E-state index in [0.717, 1.165) is 17.5 Å². The largest absolute Gasteiger partial charge is 0.478 e. The summed E-state index contributed by atoms with van der Waals surface area (Å²) in [5, 5.41) is 9.24. The molecule has 10 heteroatoms. The fourth-order valence-corrected chi connectivity index (χ4v) is 3.96. The number of nitrogens with zero attached hydrogens (tertiary/aromatic N) is 3. The molecule has 1 N–H and O–H groups in total. The van der Waals surface area contributed by atoms with E-state index in [-0.39, 0.29) is 16.7 Å². The number of carboxylic acids is 1. The van der Waals surface area contributed by atoms with E-state index in [2.05, 4.69) is 9.97 Å². The van der Waals surface area contributed by atoms with E-state index < -0.39 is 17.1 Å². The molecule has 1 aromatic heterocycles. The van der Waals surface area contributed by atoms with Gasteiger partial charge in [-0.2, -0.15) is 13.2 Å². The average Bonchev–Trinajstić information content (AvgIpc) is 2.81. The number of hydrogen-bond acceptors (Lipinski definition) is 6. The van der Waals surface area contributed by atoms with Gasteiger partial charge in [-0.25, -0.2) is 14.8 Å². The summed E-state index contributed by atoms with van der Waals surface area (Å²) in [5.41, 5.74) is -3.02. The molecule has 6 nitrogen and oxygen atoms in total. The summed E-state index contributed by atoms with van der Waals surface area (Å²) in [6.45, 7) is 5.82. The lowest BCUT2D eigenvalue weighted by Crippen LogP contribution is -2.37. The predicted molar refractivity (Wildman–Crippen MR) is 133 cm³/mol. The quantitative estimate of drug-likeness (QED) is 0.305. The smallest absolute Gasteiger partial charge is 0.446 e. The number of hydrogen-bond donors (Lipinski definition) is 1. The summed E-state index contributed by atoms with van der Waals surface area (Å²) in [6, 6.07) is 13.5. The molecule has 0 saturated heterocycles. The van der Waals surface area contributed by atoms with Crippen molar-refractivity contribution in [1.82, 2.24) is 9.97 Å². The maximum absolute atomic E-state index is 12.8. The highest BCUT2D eigenvalue weighted by atomic mass is 32.2. The molecule has 192 valence electrons. The summed E-state index contributed by atoms with van der Waals surface area (Å²) < 4.78 is 44.0. The molecule has 3 aromatic rings. The van der Waals surface area contributed by atoms with Crippen molar-refractivity contribution in [2.24, 2.45) is 0 Å². The van der Waals surface area contributed by atoms with Crippen molar-refractivity contribution in [2.45, 2.75) is 56.2 Å². The number of aromatic nitrogens is 2. The summed E-state index contributed by atoms with van der Waals surface area (Å²) in [5.74, 6) is -0.126. The van der Waals surface area contributed by atoms with Crippen LogP contribution in [0.3, 0.4) is 0 Å². The Morgan fingerprint density at radius 2 is 1.69 bits per heavy atom. The maximum Gasteiger partial charge on any atom is 0.446 e. The number of ether oxygens (including phenoxy) is 1. The van der Waals surface area contributed by atoms with Gasteiger partial charge in [-0.05, 0) is 79.4 Å². The fraction of sp³-hybridized carbons (Fsp3) is 0.346. The Kier molecular flexibility index (Phi) is 8.84. The third kappa shape index (κ3) is 8.15. The van der Waals surface area contributed by atoms with Crippen molar-refractivity contribution >= 4 is 23.7 Å². The van der Waals surface area contributed by atoms with Gasteiger partial charge < -0.3 is 14.7 Å². The second-order valence-electron chi connectivity index (χ2n) is 8.67. The van der Waals surface area contributed by atoms with Gasteiger partial charge in [-0.1, -0.05) is 31.2 Å². The third-order valence-electron chi connectivity index (χ3n) is 5.37. The Hall–Kier alpha value is -3.27. The van der Waals surface area contributed by atoms with E-state index in [9.17, 15) is 23.1 Å². The van der Waals surface area contributed by atoms with Gasteiger partial charge in [0.1, 0.15) is 5.75 Å². The maximum atomic E-state index is 12.8. The van der Waals surface area contributed by atoms with Crippen LogP contribution in [0.4, 0.5) is 19.1 Å². The molecule has 3 rings (SSSR count). The molecule has 2 aromatic carbocycles. The zero-order chi connectivity index (χ0) is 26.3. The van der Waals surface area contributed by atoms with Crippen molar-refractivity contribution < 1.29 is 27.8 Å². The van der Waals surface area contributed by atoms with Crippen LogP contribution in [0.15, 0.2) is 65.8 Å². The molecular weight excluding hydrogens is 491 g/mol. The molecule has 0 amide bonds. The molecule has 0 aliphatic rings. The molecule has 0 radical (unpaired) electrons. The molecule has 0 unspecified atom stereocenters. The Labute approximate surface area is 212 Å². The first kappa shape index (κ1) is 27.3. The van der Waals surface area contributed by atoms with Crippen molar-refractivity contribution in [3.05, 3.63) is 77.6 Å². The summed E-state index contributed by atoms with van der Waals surface area (Å²) in [4.78, 5) is 22.3. The second-order valence-corrected chi connectivity index (χ2v) is 9.81. The van der Waals surface area contributed by atoms with Crippen molar-refractivity contribution in [2.75, 3.05) is 11.4 Å². The molecule has 0 spiro atoms. The van der Waals surface area contributed by atoms with Crippen molar-refractivity contribution in [3.63, 3.8) is 0 Å². The van der Waals surface area contributed by atoms with Crippen molar-refractivity contribution in [1.29, 1.82) is 0 Å². The Bertz CT molecular complexity index is 1150. The molecule has 0 aliphatic carbocycles. The number of benzene rings is 2. The second kappa shape index (κ2) is 11.6. The van der Waals surface area contributed by atoms with Gasteiger partial charge in [-0.15, -0.1) is 0 Å². The number of alkyl halides is 3. The minimum absolute atomic E-state index is 0.127. The number of aryl methyl sites for hydroxylation is 1. The standard InChI is InChI=1S/C26H28F3N3O3S/c1-4-18-15-30-24(31-16-18)32(17-20-6-5-7-22(14-20)36-26(27,28)29)13-12-19-8-10-21(11-9-19)35-25(2,3)23(33)34/h5-11,14-16H,4,12-13,17H2,1-3H3,(H,33,34). The highest BCUT2D eigenvalue weighted by Crippen LogP contribution is 2.37. The Balaban J connectivity index is 1.75. The van der Waals surface area contributed by atoms with Crippen LogP contribution in [-0.4, -0.2) is 38.7 Å². The Morgan fingerprint density at radius 1 is 1.03 bits per heavy atom. The van der Waals surface area contributed by atoms with E-state index in [4.69, 9.17) is 4.74 Å². The Morgan fingerprint density at radius 3 is 2.28 bits per heavy atom. The third-order valence-corrected chi connectivity index (χ3v) is 6.09. The van der Waals surface area contributed by atoms with Crippen LogP contribution in [0.2, 0.25) is 0 Å². The van der Waals surface area contributed by atoms with Crippen LogP contribution in [-0.2, 0) is 24.2 Å². The predicted octanol–water partition coefficient (Wildman–Crippen LogP) is 6.14. The van der Waals surface area contributed by atoms with Gasteiger partial charge in [0.15, 0.2) is 5.60 Å². The molecular formula is C26H28F3N3O3S. The van der Waals surface area contributed by atoms with Gasteiger partial charge >= 0.3 is 11.5 Å². The van der Waals surface area contributed by atoms with Crippen LogP contribution in [0.25, 0.3) is 0 Å². The number of anilines is 1. The van der Waals surface area contributed by atoms with Crippen LogP contribution in [0.1, 0.15) is 37.5 Å². The fourth-order valence-electron chi connectivity index (χ4n) is 3.33. The summed E-state index contributed by atoms with van der Waals surface area (Å²) in [7, 11) is 0. The van der Waals surface area contributed by atoms with Gasteiger partial charge in [0.2, 0.25) is 5.95 Å². The number of carbonyl (C=O) groups is 1. The van der Waals surface area contributed by atoms with Gasteiger partial charge in [0.25, 0.3) is 0 Å². The molecule has 36 heavy (non-hydrogen) atoms. The highest BCUT2D eigenvalue weighted by Gasteiger charge is 2.30. The number of rotatable bonds is 11. The van der Waals surface area contributed by atoms with Crippen LogP contribution in [0.5, 0.6) is 5.75 Å². The zero-order valence-electron chi connectivity index (χ0n) is 20.2. The van der Waals surface area contributed by atoms with Crippen LogP contribution in [0, 0.1) is 0 Å². The molecule has 1 heterocycles. The minimum Gasteiger partial charge on any atom is -0.478 e.